The molecule has 1 amide bonds. The van der Waals surface area contributed by atoms with Crippen LogP contribution in [0.3, 0.4) is 0 Å². The Morgan fingerprint density at radius 1 is 1.17 bits per heavy atom. The summed E-state index contributed by atoms with van der Waals surface area (Å²) in [6.45, 7) is 1.88. The molecule has 0 aliphatic carbocycles. The maximum absolute atomic E-state index is 12.9. The summed E-state index contributed by atoms with van der Waals surface area (Å²) in [4.78, 5) is 12.1. The molecule has 4 N–H and O–H groups in total. The summed E-state index contributed by atoms with van der Waals surface area (Å²) < 4.78 is 38.7. The number of nitrogens with one attached hydrogen (secondary N) is 3. The lowest BCUT2D eigenvalue weighted by atomic mass is 10.1. The van der Waals surface area contributed by atoms with Crippen molar-refractivity contribution in [2.75, 3.05) is 11.9 Å². The van der Waals surface area contributed by atoms with Gasteiger partial charge in [-0.15, -0.1) is 0 Å². The molecular formula is C21H21ClF3N3O2. The quantitative estimate of drug-likeness (QED) is 0.442. The lowest BCUT2D eigenvalue weighted by Crippen LogP contribution is -2.31. The topological polar surface area (TPSA) is 85.2 Å². The van der Waals surface area contributed by atoms with Crippen molar-refractivity contribution in [3.8, 4) is 0 Å². The molecule has 0 fully saturated rings. The summed E-state index contributed by atoms with van der Waals surface area (Å²) in [7, 11) is 0. The summed E-state index contributed by atoms with van der Waals surface area (Å²) in [6, 6.07) is 12.3. The van der Waals surface area contributed by atoms with Gasteiger partial charge in [-0.3, -0.25) is 10.2 Å². The SMILES string of the molecule is CCC(O)CNC(=O)c1ccc(/C(=C/C(=N)C(F)(F)F)Nc2ccccc2Cl)cc1. The third kappa shape index (κ3) is 6.60. The van der Waals surface area contributed by atoms with Crippen molar-refractivity contribution in [2.45, 2.75) is 25.6 Å². The van der Waals surface area contributed by atoms with Gasteiger partial charge in [-0.2, -0.15) is 13.2 Å². The average Bonchev–Trinajstić information content (AvgIpc) is 2.72. The van der Waals surface area contributed by atoms with Gasteiger partial charge in [-0.05, 0) is 42.3 Å². The molecule has 0 saturated heterocycles. The average molecular weight is 440 g/mol. The number of allylic oxidation sites excluding steroid dienone is 1. The van der Waals surface area contributed by atoms with Gasteiger partial charge < -0.3 is 15.7 Å². The molecule has 0 heterocycles. The van der Waals surface area contributed by atoms with Gasteiger partial charge >= 0.3 is 6.18 Å². The van der Waals surface area contributed by atoms with Crippen LogP contribution in [-0.4, -0.2) is 35.6 Å². The van der Waals surface area contributed by atoms with Crippen LogP contribution in [0.15, 0.2) is 54.6 Å². The van der Waals surface area contributed by atoms with Crippen LogP contribution >= 0.6 is 11.6 Å². The summed E-state index contributed by atoms with van der Waals surface area (Å²) in [5, 5.41) is 22.5. The molecule has 160 valence electrons. The minimum absolute atomic E-state index is 0.00112. The molecule has 0 aliphatic heterocycles. The monoisotopic (exact) mass is 439 g/mol. The Bertz CT molecular complexity index is 928. The first-order valence-corrected chi connectivity index (χ1v) is 9.45. The largest absolute Gasteiger partial charge is 0.432 e. The summed E-state index contributed by atoms with van der Waals surface area (Å²) in [6.07, 6.45) is -4.31. The number of aliphatic hydroxyl groups is 1. The smallest absolute Gasteiger partial charge is 0.391 e. The van der Waals surface area contributed by atoms with Crippen LogP contribution in [0.2, 0.25) is 5.02 Å². The lowest BCUT2D eigenvalue weighted by molar-refractivity contribution is -0.0583. The molecule has 0 radical (unpaired) electrons. The number of carbonyl (C=O) groups excluding carboxylic acids is 1. The van der Waals surface area contributed by atoms with Crippen LogP contribution in [0.4, 0.5) is 18.9 Å². The molecule has 1 unspecified atom stereocenters. The molecule has 0 saturated carbocycles. The van der Waals surface area contributed by atoms with Crippen molar-refractivity contribution in [3.05, 3.63) is 70.8 Å². The normalized spacial score (nSPS) is 12.9. The fourth-order valence-electron chi connectivity index (χ4n) is 2.38. The maximum atomic E-state index is 12.9. The highest BCUT2D eigenvalue weighted by Crippen LogP contribution is 2.27. The molecule has 5 nitrogen and oxygen atoms in total. The first kappa shape index (κ1) is 23.4. The van der Waals surface area contributed by atoms with Crippen molar-refractivity contribution < 1.29 is 23.1 Å². The van der Waals surface area contributed by atoms with Crippen LogP contribution in [-0.2, 0) is 0 Å². The highest BCUT2D eigenvalue weighted by molar-refractivity contribution is 6.33. The highest BCUT2D eigenvalue weighted by atomic mass is 35.5. The fraction of sp³-hybridized carbons (Fsp3) is 0.238. The molecular weight excluding hydrogens is 419 g/mol. The second kappa shape index (κ2) is 10.3. The second-order valence-electron chi connectivity index (χ2n) is 6.42. The zero-order chi connectivity index (χ0) is 22.3. The molecule has 2 aromatic rings. The van der Waals surface area contributed by atoms with E-state index in [0.717, 1.165) is 0 Å². The van der Waals surface area contributed by atoms with E-state index < -0.39 is 23.9 Å². The number of aliphatic hydroxyl groups excluding tert-OH is 1. The summed E-state index contributed by atoms with van der Waals surface area (Å²) >= 11 is 6.08. The number of carbonyl (C=O) groups is 1. The van der Waals surface area contributed by atoms with E-state index >= 15 is 0 Å². The number of hydrogen-bond donors (Lipinski definition) is 4. The number of halogens is 4. The lowest BCUT2D eigenvalue weighted by Gasteiger charge is -2.15. The number of para-hydroxylation sites is 1. The number of anilines is 1. The standard InChI is InChI=1S/C21H21ClF3N3O2/c1-2-15(29)12-27-20(30)14-9-7-13(8-10-14)18(11-19(26)21(23,24)25)28-17-6-4-3-5-16(17)22/h3-11,15,26,28-29H,2,12H2,1H3,(H,27,30)/b18-11-,26-19?. The van der Waals surface area contributed by atoms with Crippen LogP contribution in [0.5, 0.6) is 0 Å². The molecule has 9 heteroatoms. The van der Waals surface area contributed by atoms with Gasteiger partial charge in [0.25, 0.3) is 5.91 Å². The van der Waals surface area contributed by atoms with E-state index in [0.29, 0.717) is 28.8 Å². The van der Waals surface area contributed by atoms with E-state index in [1.807, 2.05) is 0 Å². The molecule has 0 aromatic heterocycles. The summed E-state index contributed by atoms with van der Waals surface area (Å²) in [5.74, 6) is -0.415. The van der Waals surface area contributed by atoms with Gasteiger partial charge in [-0.25, -0.2) is 0 Å². The van der Waals surface area contributed by atoms with Crippen LogP contribution in [0, 0.1) is 5.41 Å². The van der Waals surface area contributed by atoms with Gasteiger partial charge in [0.15, 0.2) is 0 Å². The maximum Gasteiger partial charge on any atom is 0.432 e. The second-order valence-corrected chi connectivity index (χ2v) is 6.83. The first-order valence-electron chi connectivity index (χ1n) is 9.07. The van der Waals surface area contributed by atoms with Gasteiger partial charge in [0.2, 0.25) is 0 Å². The minimum atomic E-state index is -4.81. The van der Waals surface area contributed by atoms with Crippen molar-refractivity contribution >= 4 is 34.6 Å². The number of alkyl halides is 3. The minimum Gasteiger partial charge on any atom is -0.391 e. The van der Waals surface area contributed by atoms with Gasteiger partial charge in [0.05, 0.1) is 16.8 Å². The highest BCUT2D eigenvalue weighted by Gasteiger charge is 2.33. The zero-order valence-electron chi connectivity index (χ0n) is 16.1. The van der Waals surface area contributed by atoms with Crippen molar-refractivity contribution in [1.29, 1.82) is 5.41 Å². The molecule has 30 heavy (non-hydrogen) atoms. The Kier molecular flexibility index (Phi) is 8.02. The third-order valence-electron chi connectivity index (χ3n) is 4.16. The molecule has 2 rings (SSSR count). The Morgan fingerprint density at radius 3 is 2.33 bits per heavy atom. The fourth-order valence-corrected chi connectivity index (χ4v) is 2.57. The van der Waals surface area contributed by atoms with Crippen molar-refractivity contribution in [1.82, 2.24) is 5.32 Å². The Morgan fingerprint density at radius 2 is 1.77 bits per heavy atom. The van der Waals surface area contributed by atoms with Crippen LogP contribution in [0.1, 0.15) is 29.3 Å². The number of benzene rings is 2. The van der Waals surface area contributed by atoms with Crippen molar-refractivity contribution in [3.63, 3.8) is 0 Å². The molecule has 0 spiro atoms. The number of hydrogen-bond acceptors (Lipinski definition) is 4. The van der Waals surface area contributed by atoms with Crippen molar-refractivity contribution in [2.24, 2.45) is 0 Å². The van der Waals surface area contributed by atoms with Gasteiger partial charge in [-0.1, -0.05) is 42.8 Å². The van der Waals surface area contributed by atoms with E-state index in [4.69, 9.17) is 17.0 Å². The van der Waals surface area contributed by atoms with Gasteiger partial charge in [0, 0.05) is 17.8 Å². The van der Waals surface area contributed by atoms with E-state index in [2.05, 4.69) is 10.6 Å². The first-order chi connectivity index (χ1) is 14.1. The van der Waals surface area contributed by atoms with E-state index in [9.17, 15) is 23.1 Å². The van der Waals surface area contributed by atoms with Crippen LogP contribution < -0.4 is 10.6 Å². The van der Waals surface area contributed by atoms with E-state index in [1.54, 1.807) is 31.2 Å². The van der Waals surface area contributed by atoms with E-state index in [1.165, 1.54) is 24.3 Å². The molecule has 0 aliphatic rings. The molecule has 1 atom stereocenters. The van der Waals surface area contributed by atoms with Gasteiger partial charge in [0.1, 0.15) is 5.71 Å². The Labute approximate surface area is 177 Å². The molecule has 2 aromatic carbocycles. The third-order valence-corrected chi connectivity index (χ3v) is 4.49. The Hall–Kier alpha value is -2.84. The van der Waals surface area contributed by atoms with E-state index in [-0.39, 0.29) is 17.8 Å². The number of rotatable bonds is 8. The predicted octanol–water partition coefficient (Wildman–Crippen LogP) is 4.88. The predicted molar refractivity (Wildman–Crippen MR) is 112 cm³/mol. The molecule has 0 bridgehead atoms. The Balaban J connectivity index is 2.30. The zero-order valence-corrected chi connectivity index (χ0v) is 16.8. The summed E-state index contributed by atoms with van der Waals surface area (Å²) in [5.41, 5.74) is -0.555. The van der Waals surface area contributed by atoms with Crippen LogP contribution in [0.25, 0.3) is 5.70 Å². The number of amides is 1.